The highest BCUT2D eigenvalue weighted by Gasteiger charge is 2.12. The molecule has 1 heterocycles. The molecule has 21 heavy (non-hydrogen) atoms. The van der Waals surface area contributed by atoms with Crippen molar-refractivity contribution in [1.29, 1.82) is 0 Å². The molecule has 0 atom stereocenters. The van der Waals surface area contributed by atoms with E-state index in [-0.39, 0.29) is 18.1 Å². The van der Waals surface area contributed by atoms with E-state index in [1.807, 2.05) is 45.3 Å². The quantitative estimate of drug-likeness (QED) is 0.831. The van der Waals surface area contributed by atoms with Crippen LogP contribution in [0.2, 0.25) is 0 Å². The van der Waals surface area contributed by atoms with Crippen molar-refractivity contribution in [3.63, 3.8) is 0 Å². The van der Waals surface area contributed by atoms with Gasteiger partial charge in [0, 0.05) is 13.1 Å². The summed E-state index contributed by atoms with van der Waals surface area (Å²) in [6.07, 6.45) is 2.71. The molecule has 5 heteroatoms. The first kappa shape index (κ1) is 15.5. The maximum atomic E-state index is 11.6. The molecular formula is C16H23N3O2. The lowest BCUT2D eigenvalue weighted by Gasteiger charge is -2.18. The van der Waals surface area contributed by atoms with Crippen LogP contribution < -0.4 is 5.32 Å². The second-order valence-corrected chi connectivity index (χ2v) is 6.03. The number of amides is 1. The molecule has 0 saturated heterocycles. The van der Waals surface area contributed by atoms with Gasteiger partial charge in [-0.3, -0.25) is 4.79 Å². The number of rotatable bonds is 6. The Kier molecular flexibility index (Phi) is 4.96. The van der Waals surface area contributed by atoms with Crippen molar-refractivity contribution >= 4 is 16.9 Å². The second-order valence-electron chi connectivity index (χ2n) is 6.03. The number of benzene rings is 1. The minimum Gasteiger partial charge on any atom is -0.366 e. The Bertz CT molecular complexity index is 599. The molecule has 0 aliphatic heterocycles. The number of carbonyl (C=O) groups is 1. The van der Waals surface area contributed by atoms with Crippen LogP contribution in [0, 0.1) is 0 Å². The Balaban J connectivity index is 1.71. The lowest BCUT2D eigenvalue weighted by molar-refractivity contribution is -0.130. The summed E-state index contributed by atoms with van der Waals surface area (Å²) in [6, 6.07) is 8.04. The van der Waals surface area contributed by atoms with E-state index in [1.165, 1.54) is 0 Å². The molecule has 0 saturated carbocycles. The number of nitrogens with one attached hydrogen (secondary N) is 1. The Morgan fingerprint density at radius 3 is 2.86 bits per heavy atom. The molecule has 2 rings (SSSR count). The van der Waals surface area contributed by atoms with Crippen molar-refractivity contribution < 1.29 is 9.53 Å². The standard InChI is InChI=1S/C16H23N3O2/c1-16(2,3)21-11-15(20)17-9-6-10-19-12-18-13-7-4-5-8-14(13)19/h4-5,7-8,12H,6,9-11H2,1-3H3,(H,17,20). The highest BCUT2D eigenvalue weighted by Crippen LogP contribution is 2.11. The highest BCUT2D eigenvalue weighted by molar-refractivity contribution is 5.77. The zero-order valence-corrected chi connectivity index (χ0v) is 12.9. The predicted octanol–water partition coefficient (Wildman–Crippen LogP) is 2.36. The molecule has 0 spiro atoms. The molecule has 2 aromatic rings. The number of imidazole rings is 1. The fourth-order valence-electron chi connectivity index (χ4n) is 2.00. The molecule has 5 nitrogen and oxygen atoms in total. The Labute approximate surface area is 125 Å². The molecule has 0 bridgehead atoms. The number of hydrogen-bond acceptors (Lipinski definition) is 3. The molecule has 0 unspecified atom stereocenters. The lowest BCUT2D eigenvalue weighted by Crippen LogP contribution is -2.32. The van der Waals surface area contributed by atoms with Gasteiger partial charge in [0.15, 0.2) is 0 Å². The molecule has 114 valence electrons. The van der Waals surface area contributed by atoms with Gasteiger partial charge >= 0.3 is 0 Å². The lowest BCUT2D eigenvalue weighted by atomic mass is 10.2. The van der Waals surface area contributed by atoms with Crippen LogP contribution in [0.1, 0.15) is 27.2 Å². The average Bonchev–Trinajstić information content (AvgIpc) is 2.84. The summed E-state index contributed by atoms with van der Waals surface area (Å²) in [5.74, 6) is -0.0691. The summed E-state index contributed by atoms with van der Waals surface area (Å²) < 4.78 is 7.53. The molecule has 0 aliphatic carbocycles. The van der Waals surface area contributed by atoms with Gasteiger partial charge in [-0.15, -0.1) is 0 Å². The number of aryl methyl sites for hydroxylation is 1. The maximum Gasteiger partial charge on any atom is 0.246 e. The van der Waals surface area contributed by atoms with Crippen molar-refractivity contribution in [2.24, 2.45) is 0 Å². The molecule has 0 aliphatic rings. The van der Waals surface area contributed by atoms with E-state index in [0.717, 1.165) is 24.0 Å². The van der Waals surface area contributed by atoms with Gasteiger partial charge in [0.25, 0.3) is 0 Å². The van der Waals surface area contributed by atoms with Crippen LogP contribution in [0.4, 0.5) is 0 Å². The third-order valence-electron chi connectivity index (χ3n) is 3.06. The molecular weight excluding hydrogens is 266 g/mol. The van der Waals surface area contributed by atoms with Crippen molar-refractivity contribution in [2.75, 3.05) is 13.2 Å². The van der Waals surface area contributed by atoms with Gasteiger partial charge in [0.1, 0.15) is 6.61 Å². The SMILES string of the molecule is CC(C)(C)OCC(=O)NCCCn1cnc2ccccc21. The van der Waals surface area contributed by atoms with Gasteiger partial charge in [0.2, 0.25) is 5.91 Å². The van der Waals surface area contributed by atoms with Crippen LogP contribution in [-0.2, 0) is 16.1 Å². The molecule has 1 aromatic heterocycles. The normalized spacial score (nSPS) is 11.8. The summed E-state index contributed by atoms with van der Waals surface area (Å²) in [5.41, 5.74) is 1.84. The van der Waals surface area contributed by atoms with E-state index in [1.54, 1.807) is 0 Å². The number of nitrogens with zero attached hydrogens (tertiary/aromatic N) is 2. The van der Waals surface area contributed by atoms with E-state index in [9.17, 15) is 4.79 Å². The minimum atomic E-state index is -0.285. The van der Waals surface area contributed by atoms with Gasteiger partial charge in [0.05, 0.1) is 23.0 Å². The fraction of sp³-hybridized carbons (Fsp3) is 0.500. The highest BCUT2D eigenvalue weighted by atomic mass is 16.5. The van der Waals surface area contributed by atoms with Crippen LogP contribution >= 0.6 is 0 Å². The monoisotopic (exact) mass is 289 g/mol. The fourth-order valence-corrected chi connectivity index (χ4v) is 2.00. The van der Waals surface area contributed by atoms with Crippen LogP contribution in [0.3, 0.4) is 0 Å². The van der Waals surface area contributed by atoms with Crippen LogP contribution in [0.25, 0.3) is 11.0 Å². The Morgan fingerprint density at radius 2 is 2.10 bits per heavy atom. The third kappa shape index (κ3) is 4.86. The molecule has 1 amide bonds. The number of fused-ring (bicyclic) bond motifs is 1. The molecule has 1 N–H and O–H groups in total. The first-order valence-corrected chi connectivity index (χ1v) is 7.26. The van der Waals surface area contributed by atoms with E-state index in [4.69, 9.17) is 4.74 Å². The summed E-state index contributed by atoms with van der Waals surface area (Å²) in [6.45, 7) is 7.39. The zero-order chi connectivity index (χ0) is 15.3. The van der Waals surface area contributed by atoms with E-state index >= 15 is 0 Å². The summed E-state index contributed by atoms with van der Waals surface area (Å²) in [4.78, 5) is 16.0. The summed E-state index contributed by atoms with van der Waals surface area (Å²) >= 11 is 0. The van der Waals surface area contributed by atoms with Gasteiger partial charge < -0.3 is 14.6 Å². The van der Waals surface area contributed by atoms with Crippen molar-refractivity contribution in [1.82, 2.24) is 14.9 Å². The molecule has 1 aromatic carbocycles. The number of carbonyl (C=O) groups excluding carboxylic acids is 1. The van der Waals surface area contributed by atoms with Gasteiger partial charge in [-0.1, -0.05) is 12.1 Å². The van der Waals surface area contributed by atoms with Gasteiger partial charge in [-0.05, 0) is 39.3 Å². The first-order valence-electron chi connectivity index (χ1n) is 7.26. The minimum absolute atomic E-state index is 0.0691. The third-order valence-corrected chi connectivity index (χ3v) is 3.06. The van der Waals surface area contributed by atoms with Gasteiger partial charge in [-0.2, -0.15) is 0 Å². The molecule has 0 radical (unpaired) electrons. The van der Waals surface area contributed by atoms with Crippen LogP contribution in [0.15, 0.2) is 30.6 Å². The van der Waals surface area contributed by atoms with E-state index in [0.29, 0.717) is 6.54 Å². The maximum absolute atomic E-state index is 11.6. The Hall–Kier alpha value is -1.88. The topological polar surface area (TPSA) is 56.1 Å². The van der Waals surface area contributed by atoms with Crippen molar-refractivity contribution in [3.8, 4) is 0 Å². The number of aromatic nitrogens is 2. The smallest absolute Gasteiger partial charge is 0.246 e. The molecule has 0 fully saturated rings. The average molecular weight is 289 g/mol. The van der Waals surface area contributed by atoms with Crippen LogP contribution in [-0.4, -0.2) is 34.2 Å². The zero-order valence-electron chi connectivity index (χ0n) is 12.9. The Morgan fingerprint density at radius 1 is 1.33 bits per heavy atom. The largest absolute Gasteiger partial charge is 0.366 e. The van der Waals surface area contributed by atoms with E-state index < -0.39 is 0 Å². The van der Waals surface area contributed by atoms with Crippen LogP contribution in [0.5, 0.6) is 0 Å². The number of para-hydroxylation sites is 2. The van der Waals surface area contributed by atoms with Gasteiger partial charge in [-0.25, -0.2) is 4.98 Å². The van der Waals surface area contributed by atoms with E-state index in [2.05, 4.69) is 20.9 Å². The number of ether oxygens (including phenoxy) is 1. The first-order chi connectivity index (χ1) is 9.96. The summed E-state index contributed by atoms with van der Waals surface area (Å²) in [5, 5.41) is 2.87. The predicted molar refractivity (Wildman–Crippen MR) is 83.1 cm³/mol. The van der Waals surface area contributed by atoms with Crippen molar-refractivity contribution in [3.05, 3.63) is 30.6 Å². The number of hydrogen-bond donors (Lipinski definition) is 1. The van der Waals surface area contributed by atoms with Crippen molar-refractivity contribution in [2.45, 2.75) is 39.3 Å². The summed E-state index contributed by atoms with van der Waals surface area (Å²) in [7, 11) is 0. The second kappa shape index (κ2) is 6.72.